The third-order valence-corrected chi connectivity index (χ3v) is 1.76. The zero-order chi connectivity index (χ0) is 6.95. The van der Waals surface area contributed by atoms with E-state index in [-0.39, 0.29) is 0 Å². The minimum atomic E-state index is 1.14. The van der Waals surface area contributed by atoms with Crippen LogP contribution in [0.2, 0.25) is 0 Å². The van der Waals surface area contributed by atoms with Gasteiger partial charge in [0.15, 0.2) is 0 Å². The molecule has 0 spiro atoms. The molecule has 1 heteroatoms. The van der Waals surface area contributed by atoms with Crippen molar-refractivity contribution < 1.29 is 0 Å². The minimum Gasteiger partial charge on any atom is -0.154 e. The molecule has 0 aromatic rings. The fourth-order valence-electron chi connectivity index (χ4n) is 0.397. The predicted molar refractivity (Wildman–Crippen MR) is 47.0 cm³/mol. The van der Waals surface area contributed by atoms with Gasteiger partial charge in [0, 0.05) is 11.5 Å². The van der Waals surface area contributed by atoms with Crippen LogP contribution < -0.4 is 0 Å². The van der Waals surface area contributed by atoms with Crippen molar-refractivity contribution in [3.63, 3.8) is 0 Å². The van der Waals surface area contributed by atoms with Gasteiger partial charge < -0.3 is 0 Å². The number of allylic oxidation sites excluding steroid dienone is 2. The molecule has 0 fully saturated rings. The smallest absolute Gasteiger partial charge is 0.0116 e. The molecule has 0 heterocycles. The van der Waals surface area contributed by atoms with Gasteiger partial charge >= 0.3 is 0 Å². The Hall–Kier alpha value is -0.170. The Labute approximate surface area is 62.0 Å². The van der Waals surface area contributed by atoms with Crippen molar-refractivity contribution in [3.8, 4) is 0 Å². The van der Waals surface area contributed by atoms with Gasteiger partial charge in [0.1, 0.15) is 0 Å². The lowest BCUT2D eigenvalue weighted by Crippen LogP contribution is -1.72. The maximum atomic E-state index is 2.17. The Morgan fingerprint density at radius 2 is 1.44 bits per heavy atom. The molecule has 0 atom stereocenters. The van der Waals surface area contributed by atoms with Crippen LogP contribution in [0, 0.1) is 0 Å². The lowest BCUT2D eigenvalue weighted by molar-refractivity contribution is 1.62. The fraction of sp³-hybridized carbons (Fsp3) is 0.500. The summed E-state index contributed by atoms with van der Waals surface area (Å²) in [4.78, 5) is 0. The van der Waals surface area contributed by atoms with Crippen molar-refractivity contribution >= 4 is 11.8 Å². The highest BCUT2D eigenvalue weighted by atomic mass is 32.2. The predicted octanol–water partition coefficient (Wildman–Crippen LogP) is 2.87. The molecule has 0 aromatic heterocycles. The van der Waals surface area contributed by atoms with Gasteiger partial charge in [-0.3, -0.25) is 0 Å². The topological polar surface area (TPSA) is 0 Å². The van der Waals surface area contributed by atoms with Crippen LogP contribution in [0.3, 0.4) is 0 Å². The second kappa shape index (κ2) is 7.83. The molecule has 0 aliphatic carbocycles. The first-order valence-corrected chi connectivity index (χ1v) is 4.37. The number of hydrogen-bond donors (Lipinski definition) is 0. The van der Waals surface area contributed by atoms with Crippen molar-refractivity contribution in [2.24, 2.45) is 0 Å². The molecule has 0 bridgehead atoms. The first-order valence-electron chi connectivity index (χ1n) is 3.22. The molecule has 0 saturated heterocycles. The number of thioether (sulfide) groups is 1. The van der Waals surface area contributed by atoms with Gasteiger partial charge in [-0.2, -0.15) is 11.8 Å². The molecule has 9 heavy (non-hydrogen) atoms. The van der Waals surface area contributed by atoms with Crippen LogP contribution in [0.15, 0.2) is 24.3 Å². The van der Waals surface area contributed by atoms with Gasteiger partial charge in [0.25, 0.3) is 0 Å². The third kappa shape index (κ3) is 7.83. The standard InChI is InChI=1S/C8H14S/c1-3-5-7-9-8-6-4-2/h3-6H,7-8H2,1-2H3. The van der Waals surface area contributed by atoms with Crippen LogP contribution in [-0.2, 0) is 0 Å². The first-order chi connectivity index (χ1) is 4.41. The molecular weight excluding hydrogens is 128 g/mol. The highest BCUT2D eigenvalue weighted by Gasteiger charge is 1.76. The molecule has 0 unspecified atom stereocenters. The zero-order valence-corrected chi connectivity index (χ0v) is 6.95. The number of rotatable bonds is 4. The van der Waals surface area contributed by atoms with Gasteiger partial charge in [0.2, 0.25) is 0 Å². The minimum absolute atomic E-state index is 1.14. The van der Waals surface area contributed by atoms with Crippen LogP contribution in [0.5, 0.6) is 0 Å². The monoisotopic (exact) mass is 142 g/mol. The Kier molecular flexibility index (Phi) is 7.68. The van der Waals surface area contributed by atoms with E-state index in [1.807, 2.05) is 11.8 Å². The van der Waals surface area contributed by atoms with E-state index in [0.717, 1.165) is 11.5 Å². The Morgan fingerprint density at radius 1 is 1.00 bits per heavy atom. The van der Waals surface area contributed by atoms with Crippen LogP contribution >= 0.6 is 11.8 Å². The fourth-order valence-corrected chi connectivity index (χ4v) is 1.19. The van der Waals surface area contributed by atoms with Crippen molar-refractivity contribution in [2.75, 3.05) is 11.5 Å². The highest BCUT2D eigenvalue weighted by molar-refractivity contribution is 7.99. The van der Waals surface area contributed by atoms with E-state index in [2.05, 4.69) is 38.2 Å². The van der Waals surface area contributed by atoms with E-state index in [1.54, 1.807) is 0 Å². The molecule has 0 radical (unpaired) electrons. The molecule has 0 aliphatic heterocycles. The van der Waals surface area contributed by atoms with E-state index in [4.69, 9.17) is 0 Å². The maximum absolute atomic E-state index is 2.17. The summed E-state index contributed by atoms with van der Waals surface area (Å²) in [6, 6.07) is 0. The molecule has 0 amide bonds. The summed E-state index contributed by atoms with van der Waals surface area (Å²) in [6.45, 7) is 4.10. The van der Waals surface area contributed by atoms with E-state index in [1.165, 1.54) is 0 Å². The lowest BCUT2D eigenvalue weighted by Gasteiger charge is -1.87. The van der Waals surface area contributed by atoms with Gasteiger partial charge in [-0.1, -0.05) is 24.3 Å². The Bertz CT molecular complexity index is 80.7. The maximum Gasteiger partial charge on any atom is 0.0116 e. The van der Waals surface area contributed by atoms with Gasteiger partial charge in [0.05, 0.1) is 0 Å². The van der Waals surface area contributed by atoms with Gasteiger partial charge in [-0.15, -0.1) is 0 Å². The lowest BCUT2D eigenvalue weighted by atomic mass is 10.6. The molecule has 52 valence electrons. The largest absolute Gasteiger partial charge is 0.154 e. The van der Waals surface area contributed by atoms with Crippen LogP contribution in [0.25, 0.3) is 0 Å². The molecule has 0 aromatic carbocycles. The van der Waals surface area contributed by atoms with Crippen molar-refractivity contribution in [2.45, 2.75) is 13.8 Å². The quantitative estimate of drug-likeness (QED) is 0.429. The van der Waals surface area contributed by atoms with Crippen LogP contribution in [0.4, 0.5) is 0 Å². The van der Waals surface area contributed by atoms with Crippen molar-refractivity contribution in [3.05, 3.63) is 24.3 Å². The number of hydrogen-bond acceptors (Lipinski definition) is 1. The second-order valence-corrected chi connectivity index (χ2v) is 2.75. The van der Waals surface area contributed by atoms with Crippen LogP contribution in [-0.4, -0.2) is 11.5 Å². The summed E-state index contributed by atoms with van der Waals surface area (Å²) in [5.41, 5.74) is 0. The van der Waals surface area contributed by atoms with E-state index >= 15 is 0 Å². The SMILES string of the molecule is CC=CCSCC=CC. The Balaban J connectivity index is 2.91. The summed E-state index contributed by atoms with van der Waals surface area (Å²) >= 11 is 1.93. The first kappa shape index (κ1) is 8.83. The molecule has 0 saturated carbocycles. The summed E-state index contributed by atoms with van der Waals surface area (Å²) in [6.07, 6.45) is 8.52. The van der Waals surface area contributed by atoms with E-state index in [0.29, 0.717) is 0 Å². The van der Waals surface area contributed by atoms with Gasteiger partial charge in [-0.25, -0.2) is 0 Å². The normalized spacial score (nSPS) is 11.8. The van der Waals surface area contributed by atoms with E-state index in [9.17, 15) is 0 Å². The van der Waals surface area contributed by atoms with Crippen LogP contribution in [0.1, 0.15) is 13.8 Å². The highest BCUT2D eigenvalue weighted by Crippen LogP contribution is 1.99. The van der Waals surface area contributed by atoms with Crippen molar-refractivity contribution in [1.82, 2.24) is 0 Å². The van der Waals surface area contributed by atoms with Gasteiger partial charge in [-0.05, 0) is 13.8 Å². The second-order valence-electron chi connectivity index (χ2n) is 1.68. The van der Waals surface area contributed by atoms with Crippen molar-refractivity contribution in [1.29, 1.82) is 0 Å². The molecule has 0 aliphatic rings. The zero-order valence-electron chi connectivity index (χ0n) is 6.13. The molecule has 0 N–H and O–H groups in total. The third-order valence-electron chi connectivity index (χ3n) is 0.900. The summed E-state index contributed by atoms with van der Waals surface area (Å²) in [7, 11) is 0. The van der Waals surface area contributed by atoms with E-state index < -0.39 is 0 Å². The average Bonchev–Trinajstić information content (AvgIpc) is 1.89. The molecular formula is C8H14S. The molecule has 0 nitrogen and oxygen atoms in total. The summed E-state index contributed by atoms with van der Waals surface area (Å²) in [5, 5.41) is 0. The summed E-state index contributed by atoms with van der Waals surface area (Å²) in [5.74, 6) is 2.28. The molecule has 0 rings (SSSR count). The Morgan fingerprint density at radius 3 is 1.78 bits per heavy atom. The average molecular weight is 142 g/mol. The summed E-state index contributed by atoms with van der Waals surface area (Å²) < 4.78 is 0.